The zero-order valence-corrected chi connectivity index (χ0v) is 17.8. The molecule has 1 aliphatic carbocycles. The smallest absolute Gasteiger partial charge is 0.262 e. The van der Waals surface area contributed by atoms with Gasteiger partial charge in [-0.3, -0.25) is 19.0 Å². The molecule has 0 aliphatic heterocycles. The number of hydrogen-bond donors (Lipinski definition) is 3. The van der Waals surface area contributed by atoms with Crippen LogP contribution in [0.1, 0.15) is 28.8 Å². The minimum Gasteiger partial charge on any atom is -0.332 e. The van der Waals surface area contributed by atoms with Crippen molar-refractivity contribution in [1.82, 2.24) is 9.55 Å². The van der Waals surface area contributed by atoms with Crippen molar-refractivity contribution >= 4 is 46.3 Å². The van der Waals surface area contributed by atoms with E-state index in [4.69, 9.17) is 12.2 Å². The second-order valence-electron chi connectivity index (χ2n) is 7.64. The number of benzene rings is 2. The lowest BCUT2D eigenvalue weighted by Crippen LogP contribution is -2.22. The highest BCUT2D eigenvalue weighted by Gasteiger charge is 2.29. The lowest BCUT2D eigenvalue weighted by atomic mass is 10.1. The molecule has 158 valence electrons. The first-order valence-corrected chi connectivity index (χ1v) is 10.4. The Morgan fingerprint density at radius 1 is 1.23 bits per heavy atom. The van der Waals surface area contributed by atoms with E-state index in [1.54, 1.807) is 30.3 Å². The van der Waals surface area contributed by atoms with Crippen molar-refractivity contribution in [2.75, 3.05) is 10.6 Å². The van der Waals surface area contributed by atoms with E-state index in [0.717, 1.165) is 18.4 Å². The van der Waals surface area contributed by atoms with Gasteiger partial charge in [-0.05, 0) is 67.9 Å². The summed E-state index contributed by atoms with van der Waals surface area (Å²) < 4.78 is 1.68. The summed E-state index contributed by atoms with van der Waals surface area (Å²) in [5.74, 6) is -0.225. The van der Waals surface area contributed by atoms with Gasteiger partial charge >= 0.3 is 0 Å². The van der Waals surface area contributed by atoms with Crippen LogP contribution in [0.5, 0.6) is 0 Å². The summed E-state index contributed by atoms with van der Waals surface area (Å²) in [6.07, 6.45) is 3.44. The topological polar surface area (TPSA) is 96.0 Å². The molecule has 8 heteroatoms. The van der Waals surface area contributed by atoms with Gasteiger partial charge in [0.25, 0.3) is 11.5 Å². The summed E-state index contributed by atoms with van der Waals surface area (Å²) >= 11 is 5.26. The number of carbonyl (C=O) groups excluding carboxylic acids is 2. The quantitative estimate of drug-likeness (QED) is 0.401. The molecule has 1 heterocycles. The Labute approximate surface area is 183 Å². The van der Waals surface area contributed by atoms with Gasteiger partial charge in [0.1, 0.15) is 0 Å². The number of aromatic amines is 1. The Kier molecular flexibility index (Phi) is 5.56. The average molecular weight is 435 g/mol. The van der Waals surface area contributed by atoms with Crippen molar-refractivity contribution in [2.24, 2.45) is 5.92 Å². The number of carbonyl (C=O) groups is 2. The van der Waals surface area contributed by atoms with Crippen LogP contribution in [0.25, 0.3) is 10.9 Å². The first kappa shape index (κ1) is 20.7. The first-order chi connectivity index (χ1) is 14.9. The Bertz CT molecular complexity index is 1330. The molecule has 0 spiro atoms. The normalized spacial score (nSPS) is 13.1. The van der Waals surface area contributed by atoms with Crippen molar-refractivity contribution < 1.29 is 9.59 Å². The molecule has 7 nitrogen and oxygen atoms in total. The molecule has 1 fully saturated rings. The van der Waals surface area contributed by atoms with Crippen molar-refractivity contribution in [3.8, 4) is 0 Å². The molecule has 3 aromatic rings. The van der Waals surface area contributed by atoms with Crippen LogP contribution in [0, 0.1) is 17.6 Å². The highest BCUT2D eigenvalue weighted by atomic mass is 32.1. The summed E-state index contributed by atoms with van der Waals surface area (Å²) in [5, 5.41) is 6.21. The van der Waals surface area contributed by atoms with E-state index in [2.05, 4.69) is 22.2 Å². The van der Waals surface area contributed by atoms with E-state index in [9.17, 15) is 14.4 Å². The number of allylic oxidation sites excluding steroid dienone is 1. The van der Waals surface area contributed by atoms with Crippen molar-refractivity contribution in [3.63, 3.8) is 0 Å². The molecule has 2 amide bonds. The van der Waals surface area contributed by atoms with Crippen molar-refractivity contribution in [3.05, 3.63) is 75.3 Å². The fraction of sp³-hybridized carbons (Fsp3) is 0.217. The number of amides is 2. The third kappa shape index (κ3) is 4.34. The van der Waals surface area contributed by atoms with Crippen LogP contribution in [-0.2, 0) is 11.3 Å². The third-order valence-electron chi connectivity index (χ3n) is 5.26. The van der Waals surface area contributed by atoms with E-state index in [1.165, 1.54) is 4.57 Å². The Hall–Kier alpha value is -3.52. The summed E-state index contributed by atoms with van der Waals surface area (Å²) in [4.78, 5) is 40.5. The highest BCUT2D eigenvalue weighted by Crippen LogP contribution is 2.31. The van der Waals surface area contributed by atoms with Gasteiger partial charge in [-0.25, -0.2) is 0 Å². The van der Waals surface area contributed by atoms with Crippen LogP contribution in [0.15, 0.2) is 53.8 Å². The molecule has 0 unspecified atom stereocenters. The van der Waals surface area contributed by atoms with E-state index in [0.29, 0.717) is 34.4 Å². The maximum Gasteiger partial charge on any atom is 0.262 e. The van der Waals surface area contributed by atoms with E-state index >= 15 is 0 Å². The Balaban J connectivity index is 1.60. The number of nitrogens with zero attached hydrogens (tertiary/aromatic N) is 1. The number of rotatable bonds is 6. The SMILES string of the molecule is C=CCn1c(=S)[nH]c2cc(C(=O)Nc3cc(NC(=O)C4CC4)ccc3C)ccc2c1=O. The van der Waals surface area contributed by atoms with Gasteiger partial charge in [-0.15, -0.1) is 6.58 Å². The minimum atomic E-state index is -0.328. The summed E-state index contributed by atoms with van der Waals surface area (Å²) in [5.41, 5.74) is 2.75. The molecule has 0 atom stereocenters. The molecule has 4 rings (SSSR count). The second-order valence-corrected chi connectivity index (χ2v) is 8.03. The van der Waals surface area contributed by atoms with E-state index < -0.39 is 0 Å². The monoisotopic (exact) mass is 434 g/mol. The number of aromatic nitrogens is 2. The van der Waals surface area contributed by atoms with Gasteiger partial charge in [0.05, 0.1) is 10.9 Å². The molecular formula is C23H22N4O3S. The molecule has 1 aliphatic rings. The highest BCUT2D eigenvalue weighted by molar-refractivity contribution is 7.71. The maximum atomic E-state index is 12.9. The standard InChI is InChI=1S/C23H22N4O3S/c1-3-10-27-22(30)17-9-7-15(11-19(17)26-23(27)31)21(29)25-18-12-16(8-4-13(18)2)24-20(28)14-5-6-14/h3-4,7-9,11-12,14H,1,5-6,10H2,2H3,(H,24,28)(H,25,29)(H,26,31). The van der Waals surface area contributed by atoms with Gasteiger partial charge in [0.15, 0.2) is 4.77 Å². The van der Waals surface area contributed by atoms with Crippen molar-refractivity contribution in [2.45, 2.75) is 26.3 Å². The first-order valence-electron chi connectivity index (χ1n) is 9.98. The van der Waals surface area contributed by atoms with Gasteiger partial charge in [-0.2, -0.15) is 0 Å². The predicted octanol–water partition coefficient (Wildman–Crippen LogP) is 4.15. The molecule has 1 aromatic heterocycles. The summed E-state index contributed by atoms with van der Waals surface area (Å²) in [7, 11) is 0. The molecule has 1 saturated carbocycles. The zero-order chi connectivity index (χ0) is 22.1. The number of nitrogens with one attached hydrogen (secondary N) is 3. The van der Waals surface area contributed by atoms with Crippen molar-refractivity contribution in [1.29, 1.82) is 0 Å². The van der Waals surface area contributed by atoms with Gasteiger partial charge in [-0.1, -0.05) is 12.1 Å². The third-order valence-corrected chi connectivity index (χ3v) is 5.58. The summed E-state index contributed by atoms with van der Waals surface area (Å²) in [6.45, 7) is 5.82. The molecule has 0 saturated heterocycles. The molecule has 3 N–H and O–H groups in total. The number of hydrogen-bond acceptors (Lipinski definition) is 4. The van der Waals surface area contributed by atoms with Gasteiger partial charge < -0.3 is 15.6 Å². The number of anilines is 2. The zero-order valence-electron chi connectivity index (χ0n) is 17.0. The Morgan fingerprint density at radius 3 is 2.71 bits per heavy atom. The lowest BCUT2D eigenvalue weighted by molar-refractivity contribution is -0.117. The maximum absolute atomic E-state index is 12.9. The molecule has 31 heavy (non-hydrogen) atoms. The fourth-order valence-electron chi connectivity index (χ4n) is 3.31. The minimum absolute atomic E-state index is 0.00743. The number of aryl methyl sites for hydroxylation is 1. The van der Waals surface area contributed by atoms with Gasteiger partial charge in [0.2, 0.25) is 5.91 Å². The molecule has 0 radical (unpaired) electrons. The van der Waals surface area contributed by atoms with Gasteiger partial charge in [0, 0.05) is 29.4 Å². The number of fused-ring (bicyclic) bond motifs is 1. The van der Waals surface area contributed by atoms with E-state index in [-0.39, 0.29) is 28.1 Å². The summed E-state index contributed by atoms with van der Waals surface area (Å²) in [6, 6.07) is 10.2. The van der Waals surface area contributed by atoms with Crippen LogP contribution in [0.3, 0.4) is 0 Å². The van der Waals surface area contributed by atoms with Crippen LogP contribution in [0.2, 0.25) is 0 Å². The second kappa shape index (κ2) is 8.31. The largest absolute Gasteiger partial charge is 0.332 e. The number of H-pyrrole nitrogens is 1. The fourth-order valence-corrected chi connectivity index (χ4v) is 3.58. The van der Waals surface area contributed by atoms with E-state index in [1.807, 2.05) is 19.1 Å². The predicted molar refractivity (Wildman–Crippen MR) is 124 cm³/mol. The molecule has 0 bridgehead atoms. The molecule has 2 aromatic carbocycles. The van der Waals surface area contributed by atoms with Crippen LogP contribution < -0.4 is 16.2 Å². The lowest BCUT2D eigenvalue weighted by Gasteiger charge is -2.12. The average Bonchev–Trinajstić information content (AvgIpc) is 3.58. The van der Waals surface area contributed by atoms with Crippen LogP contribution in [-0.4, -0.2) is 21.4 Å². The van der Waals surface area contributed by atoms with Crippen LogP contribution >= 0.6 is 12.2 Å². The molecular weight excluding hydrogens is 412 g/mol. The Morgan fingerprint density at radius 2 is 2.00 bits per heavy atom. The van der Waals surface area contributed by atoms with Crippen LogP contribution in [0.4, 0.5) is 11.4 Å².